The third-order valence-electron chi connectivity index (χ3n) is 3.12. The second-order valence-electron chi connectivity index (χ2n) is 5.46. The first-order valence-corrected chi connectivity index (χ1v) is 7.15. The van der Waals surface area contributed by atoms with Gasteiger partial charge in [0.05, 0.1) is 17.5 Å². The summed E-state index contributed by atoms with van der Waals surface area (Å²) in [5, 5.41) is 0.684. The van der Waals surface area contributed by atoms with Crippen molar-refractivity contribution in [3.63, 3.8) is 0 Å². The maximum atomic E-state index is 12.0. The molecule has 0 saturated carbocycles. The summed E-state index contributed by atoms with van der Waals surface area (Å²) >= 11 is 7.21. The Hall–Kier alpha value is -1.33. The van der Waals surface area contributed by atoms with Gasteiger partial charge < -0.3 is 0 Å². The lowest BCUT2D eigenvalue weighted by atomic mass is 9.76. The number of hydrogen-bond acceptors (Lipinski definition) is 5. The number of fused-ring (bicyclic) bond motifs is 1. The summed E-state index contributed by atoms with van der Waals surface area (Å²) in [7, 11) is 0. The summed E-state index contributed by atoms with van der Waals surface area (Å²) in [6, 6.07) is 0. The lowest BCUT2D eigenvalue weighted by Gasteiger charge is -2.29. The van der Waals surface area contributed by atoms with Crippen LogP contribution >= 0.6 is 22.9 Å². The Balaban J connectivity index is 2.06. The molecule has 0 N–H and O–H groups in total. The molecule has 0 bridgehead atoms. The molecule has 1 aliphatic carbocycles. The number of nitrogens with zero attached hydrogens (tertiary/aromatic N) is 3. The van der Waals surface area contributed by atoms with Crippen molar-refractivity contribution in [3.05, 3.63) is 28.0 Å². The number of carbonyl (C=O) groups excluding carboxylic acids is 1. The SMILES string of the molecule is CC1(C)CC(=O)c2cnc(-c3ncc(Cl)s3)nc2C1. The van der Waals surface area contributed by atoms with E-state index in [1.807, 2.05) is 0 Å². The van der Waals surface area contributed by atoms with E-state index in [2.05, 4.69) is 28.8 Å². The van der Waals surface area contributed by atoms with Crippen molar-refractivity contribution in [2.45, 2.75) is 26.7 Å². The van der Waals surface area contributed by atoms with Crippen LogP contribution in [0.15, 0.2) is 12.4 Å². The molecule has 0 radical (unpaired) electrons. The van der Waals surface area contributed by atoms with Gasteiger partial charge in [-0.3, -0.25) is 4.79 Å². The van der Waals surface area contributed by atoms with Crippen molar-refractivity contribution in [2.24, 2.45) is 5.41 Å². The largest absolute Gasteiger partial charge is 0.294 e. The van der Waals surface area contributed by atoms with Crippen molar-refractivity contribution >= 4 is 28.7 Å². The van der Waals surface area contributed by atoms with Crippen LogP contribution in [0.4, 0.5) is 0 Å². The van der Waals surface area contributed by atoms with Crippen molar-refractivity contribution in [1.82, 2.24) is 15.0 Å². The molecule has 2 aromatic heterocycles. The minimum Gasteiger partial charge on any atom is -0.294 e. The molecule has 0 saturated heterocycles. The van der Waals surface area contributed by atoms with Crippen LogP contribution in [-0.2, 0) is 6.42 Å². The molecule has 0 aromatic carbocycles. The van der Waals surface area contributed by atoms with E-state index in [9.17, 15) is 4.79 Å². The number of rotatable bonds is 1. The van der Waals surface area contributed by atoms with E-state index in [1.54, 1.807) is 12.4 Å². The van der Waals surface area contributed by atoms with Gasteiger partial charge in [-0.05, 0) is 11.8 Å². The van der Waals surface area contributed by atoms with Crippen LogP contribution in [0.2, 0.25) is 4.34 Å². The van der Waals surface area contributed by atoms with Gasteiger partial charge in [0.1, 0.15) is 4.34 Å². The van der Waals surface area contributed by atoms with Gasteiger partial charge in [-0.1, -0.05) is 36.8 Å². The van der Waals surface area contributed by atoms with E-state index in [0.717, 1.165) is 12.1 Å². The van der Waals surface area contributed by atoms with Crippen LogP contribution in [0.25, 0.3) is 10.8 Å². The fourth-order valence-corrected chi connectivity index (χ4v) is 3.14. The Kier molecular flexibility index (Phi) is 2.91. The summed E-state index contributed by atoms with van der Waals surface area (Å²) in [4.78, 5) is 24.9. The smallest absolute Gasteiger partial charge is 0.189 e. The molecule has 98 valence electrons. The number of thiazole rings is 1. The monoisotopic (exact) mass is 293 g/mol. The third-order valence-corrected chi connectivity index (χ3v) is 4.23. The second kappa shape index (κ2) is 4.35. The maximum absolute atomic E-state index is 12.0. The molecule has 0 spiro atoms. The normalized spacial score (nSPS) is 17.3. The number of halogens is 1. The van der Waals surface area contributed by atoms with Crippen LogP contribution in [-0.4, -0.2) is 20.7 Å². The van der Waals surface area contributed by atoms with Gasteiger partial charge in [0.2, 0.25) is 0 Å². The van der Waals surface area contributed by atoms with E-state index < -0.39 is 0 Å². The zero-order chi connectivity index (χ0) is 13.6. The Bertz CT molecular complexity index is 666. The molecule has 0 fully saturated rings. The second-order valence-corrected chi connectivity index (χ2v) is 7.13. The van der Waals surface area contributed by atoms with Gasteiger partial charge in [-0.25, -0.2) is 15.0 Å². The first kappa shape index (κ1) is 12.7. The minimum atomic E-state index is -0.0454. The molecule has 19 heavy (non-hydrogen) atoms. The zero-order valence-electron chi connectivity index (χ0n) is 10.6. The number of aromatic nitrogens is 3. The fraction of sp³-hybridized carbons (Fsp3) is 0.385. The van der Waals surface area contributed by atoms with E-state index >= 15 is 0 Å². The molecular formula is C13H12ClN3OS. The van der Waals surface area contributed by atoms with E-state index in [-0.39, 0.29) is 11.2 Å². The molecule has 0 unspecified atom stereocenters. The molecule has 6 heteroatoms. The molecule has 4 nitrogen and oxygen atoms in total. The predicted octanol–water partition coefficient (Wildman–Crippen LogP) is 3.41. The van der Waals surface area contributed by atoms with Gasteiger partial charge >= 0.3 is 0 Å². The van der Waals surface area contributed by atoms with Crippen LogP contribution in [0.3, 0.4) is 0 Å². The quantitative estimate of drug-likeness (QED) is 0.808. The highest BCUT2D eigenvalue weighted by molar-refractivity contribution is 7.18. The van der Waals surface area contributed by atoms with Crippen molar-refractivity contribution in [3.8, 4) is 10.8 Å². The van der Waals surface area contributed by atoms with Gasteiger partial charge in [0.15, 0.2) is 16.6 Å². The average molecular weight is 294 g/mol. The lowest BCUT2D eigenvalue weighted by molar-refractivity contribution is 0.0910. The van der Waals surface area contributed by atoms with Crippen molar-refractivity contribution < 1.29 is 4.79 Å². The van der Waals surface area contributed by atoms with Gasteiger partial charge in [-0.2, -0.15) is 0 Å². The van der Waals surface area contributed by atoms with Crippen molar-refractivity contribution in [1.29, 1.82) is 0 Å². The maximum Gasteiger partial charge on any atom is 0.189 e. The molecule has 0 aliphatic heterocycles. The van der Waals surface area contributed by atoms with Crippen LogP contribution in [0, 0.1) is 5.41 Å². The predicted molar refractivity (Wildman–Crippen MR) is 74.6 cm³/mol. The number of Topliss-reactive ketones (excluding diaryl/α,β-unsaturated/α-hetero) is 1. The Morgan fingerprint density at radius 3 is 2.74 bits per heavy atom. The van der Waals surface area contributed by atoms with Crippen LogP contribution in [0.5, 0.6) is 0 Å². The van der Waals surface area contributed by atoms with Gasteiger partial charge in [0.25, 0.3) is 0 Å². The standard InChI is InChI=1S/C13H12ClN3OS/c1-13(2)3-8-7(9(18)4-13)5-15-11(17-8)12-16-6-10(14)19-12/h5-6H,3-4H2,1-2H3. The van der Waals surface area contributed by atoms with Gasteiger partial charge in [0, 0.05) is 12.6 Å². The highest BCUT2D eigenvalue weighted by atomic mass is 35.5. The minimum absolute atomic E-state index is 0.0454. The Labute approximate surface area is 119 Å². The van der Waals surface area contributed by atoms with Crippen molar-refractivity contribution in [2.75, 3.05) is 0 Å². The van der Waals surface area contributed by atoms with Gasteiger partial charge in [-0.15, -0.1) is 0 Å². The molecule has 2 heterocycles. The summed E-state index contributed by atoms with van der Waals surface area (Å²) in [5.41, 5.74) is 1.42. The summed E-state index contributed by atoms with van der Waals surface area (Å²) in [5.74, 6) is 0.663. The molecule has 1 aliphatic rings. The fourth-order valence-electron chi connectivity index (χ4n) is 2.29. The summed E-state index contributed by atoms with van der Waals surface area (Å²) in [6.07, 6.45) is 4.53. The molecule has 0 amide bonds. The third kappa shape index (κ3) is 2.40. The van der Waals surface area contributed by atoms with E-state index in [0.29, 0.717) is 27.2 Å². The van der Waals surface area contributed by atoms with Crippen LogP contribution < -0.4 is 0 Å². The van der Waals surface area contributed by atoms with Crippen LogP contribution in [0.1, 0.15) is 36.3 Å². The molecule has 0 atom stereocenters. The van der Waals surface area contributed by atoms with E-state index in [1.165, 1.54) is 11.3 Å². The molecule has 2 aromatic rings. The number of carbonyl (C=O) groups is 1. The van der Waals surface area contributed by atoms with E-state index in [4.69, 9.17) is 11.6 Å². The zero-order valence-corrected chi connectivity index (χ0v) is 12.2. The topological polar surface area (TPSA) is 55.7 Å². The summed E-state index contributed by atoms with van der Waals surface area (Å²) < 4.78 is 0.604. The Morgan fingerprint density at radius 1 is 1.26 bits per heavy atom. The highest BCUT2D eigenvalue weighted by Crippen LogP contribution is 2.34. The first-order valence-electron chi connectivity index (χ1n) is 5.95. The Morgan fingerprint density at radius 2 is 2.05 bits per heavy atom. The first-order chi connectivity index (χ1) is 8.94. The lowest BCUT2D eigenvalue weighted by Crippen LogP contribution is -2.28. The average Bonchev–Trinajstić information content (AvgIpc) is 2.73. The summed E-state index contributed by atoms with van der Waals surface area (Å²) in [6.45, 7) is 4.16. The number of hydrogen-bond donors (Lipinski definition) is 0. The highest BCUT2D eigenvalue weighted by Gasteiger charge is 2.32. The molecule has 3 rings (SSSR count). The molecular weight excluding hydrogens is 282 g/mol. The number of ketones is 1.